The maximum Gasteiger partial charge on any atom is 0.326 e. The molecule has 1 heterocycles. The molecule has 198 valence electrons. The second kappa shape index (κ2) is 14.1. The number of likely N-dealkylation sites (tertiary alicyclic amines) is 1. The average molecular weight is 500 g/mol. The van der Waals surface area contributed by atoms with Crippen molar-refractivity contribution in [2.45, 2.75) is 76.5 Å². The first-order valence-electron chi connectivity index (χ1n) is 11.6. The molecule has 1 aliphatic heterocycles. The smallest absolute Gasteiger partial charge is 0.326 e. The molecule has 3 amide bonds. The van der Waals surface area contributed by atoms with E-state index < -0.39 is 60.2 Å². The zero-order chi connectivity index (χ0) is 26.7. The molecule has 0 saturated carbocycles. The molecule has 5 unspecified atom stereocenters. The van der Waals surface area contributed by atoms with Gasteiger partial charge in [-0.2, -0.15) is 0 Å². The molecule has 0 bridgehead atoms. The number of carbonyl (C=O) groups excluding carboxylic acids is 3. The third kappa shape index (κ3) is 9.39. The van der Waals surface area contributed by atoms with Crippen molar-refractivity contribution < 1.29 is 34.2 Å². The predicted molar refractivity (Wildman–Crippen MR) is 126 cm³/mol. The normalized spacial score (nSPS) is 18.6. The summed E-state index contributed by atoms with van der Waals surface area (Å²) in [4.78, 5) is 66.3. The molecule has 1 saturated heterocycles. The Kier molecular flexibility index (Phi) is 11.9. The minimum atomic E-state index is -1.37. The van der Waals surface area contributed by atoms with E-state index in [-0.39, 0.29) is 31.4 Å². The van der Waals surface area contributed by atoms with E-state index in [0.29, 0.717) is 25.7 Å². The number of hydrogen-bond donors (Lipinski definition) is 7. The molecule has 0 aliphatic carbocycles. The first kappa shape index (κ1) is 29.6. The summed E-state index contributed by atoms with van der Waals surface area (Å²) in [5.41, 5.74) is 16.2. The van der Waals surface area contributed by atoms with Crippen LogP contribution in [0.1, 0.15) is 52.4 Å². The van der Waals surface area contributed by atoms with E-state index in [1.165, 1.54) is 4.90 Å². The van der Waals surface area contributed by atoms with Gasteiger partial charge in [0.1, 0.15) is 18.1 Å². The topological polar surface area (TPSA) is 244 Å². The number of rotatable bonds is 14. The Balaban J connectivity index is 3.02. The zero-order valence-corrected chi connectivity index (χ0v) is 20.1. The van der Waals surface area contributed by atoms with Gasteiger partial charge in [-0.3, -0.25) is 24.2 Å². The van der Waals surface area contributed by atoms with Gasteiger partial charge in [0.05, 0.1) is 12.5 Å². The summed E-state index contributed by atoms with van der Waals surface area (Å²) >= 11 is 0. The van der Waals surface area contributed by atoms with Crippen molar-refractivity contribution in [1.82, 2.24) is 15.5 Å². The van der Waals surface area contributed by atoms with Crippen LogP contribution in [0.15, 0.2) is 4.99 Å². The molecule has 1 aliphatic rings. The van der Waals surface area contributed by atoms with Crippen LogP contribution in [0.25, 0.3) is 0 Å². The molecule has 14 nitrogen and oxygen atoms in total. The maximum atomic E-state index is 13.4. The van der Waals surface area contributed by atoms with Crippen molar-refractivity contribution in [2.24, 2.45) is 28.1 Å². The number of amides is 3. The molecule has 10 N–H and O–H groups in total. The number of carboxylic acids is 2. The lowest BCUT2D eigenvalue weighted by atomic mass is 9.98. The van der Waals surface area contributed by atoms with Gasteiger partial charge in [0, 0.05) is 13.1 Å². The Morgan fingerprint density at radius 3 is 2.34 bits per heavy atom. The molecule has 5 atom stereocenters. The van der Waals surface area contributed by atoms with E-state index in [2.05, 4.69) is 15.6 Å². The van der Waals surface area contributed by atoms with E-state index >= 15 is 0 Å². The minimum Gasteiger partial charge on any atom is -0.481 e. The lowest BCUT2D eigenvalue weighted by molar-refractivity contribution is -0.146. The lowest BCUT2D eigenvalue weighted by Gasteiger charge is -2.30. The van der Waals surface area contributed by atoms with Crippen LogP contribution in [-0.2, 0) is 24.0 Å². The van der Waals surface area contributed by atoms with Crippen molar-refractivity contribution in [2.75, 3.05) is 13.1 Å². The summed E-state index contributed by atoms with van der Waals surface area (Å²) < 4.78 is 0. The molecule has 1 rings (SSSR count). The second-order valence-corrected chi connectivity index (χ2v) is 8.61. The van der Waals surface area contributed by atoms with Crippen molar-refractivity contribution in [3.63, 3.8) is 0 Å². The highest BCUT2D eigenvalue weighted by Crippen LogP contribution is 2.21. The van der Waals surface area contributed by atoms with Crippen LogP contribution in [0.2, 0.25) is 0 Å². The van der Waals surface area contributed by atoms with Gasteiger partial charge in [-0.25, -0.2) is 4.79 Å². The molecule has 0 aromatic heterocycles. The van der Waals surface area contributed by atoms with Gasteiger partial charge >= 0.3 is 11.9 Å². The Morgan fingerprint density at radius 2 is 1.80 bits per heavy atom. The van der Waals surface area contributed by atoms with E-state index in [9.17, 15) is 29.1 Å². The lowest BCUT2D eigenvalue weighted by Crippen LogP contribution is -2.57. The summed E-state index contributed by atoms with van der Waals surface area (Å²) in [6.07, 6.45) is 1.17. The van der Waals surface area contributed by atoms with Crippen LogP contribution in [0.5, 0.6) is 0 Å². The highest BCUT2D eigenvalue weighted by molar-refractivity contribution is 5.95. The van der Waals surface area contributed by atoms with Crippen molar-refractivity contribution in [3.8, 4) is 0 Å². The SMILES string of the molecule is CCC(C)C(NC(=O)C1CCCN1C(=O)C(CCCN=C(N)N)NC(=O)C(N)CC(=O)O)C(=O)O. The molecule has 14 heteroatoms. The zero-order valence-electron chi connectivity index (χ0n) is 20.1. The number of carboxylic acid groups (broad SMARTS) is 2. The summed E-state index contributed by atoms with van der Waals surface area (Å²) in [5, 5.41) is 23.4. The van der Waals surface area contributed by atoms with Gasteiger partial charge in [0.15, 0.2) is 5.96 Å². The third-order valence-corrected chi connectivity index (χ3v) is 5.91. The number of guanidine groups is 1. The van der Waals surface area contributed by atoms with Gasteiger partial charge < -0.3 is 42.9 Å². The summed E-state index contributed by atoms with van der Waals surface area (Å²) in [6.45, 7) is 3.93. The predicted octanol–water partition coefficient (Wildman–Crippen LogP) is -2.07. The van der Waals surface area contributed by atoms with Crippen molar-refractivity contribution in [1.29, 1.82) is 0 Å². The Labute approximate surface area is 203 Å². The third-order valence-electron chi connectivity index (χ3n) is 5.91. The number of nitrogens with two attached hydrogens (primary N) is 3. The number of nitrogens with one attached hydrogen (secondary N) is 2. The fraction of sp³-hybridized carbons (Fsp3) is 0.714. The number of aliphatic imine (C=N–C) groups is 1. The van der Waals surface area contributed by atoms with Crippen molar-refractivity contribution in [3.05, 3.63) is 0 Å². The highest BCUT2D eigenvalue weighted by Gasteiger charge is 2.39. The second-order valence-electron chi connectivity index (χ2n) is 8.61. The average Bonchev–Trinajstić information content (AvgIpc) is 3.27. The molecule has 0 spiro atoms. The molecule has 0 radical (unpaired) electrons. The van der Waals surface area contributed by atoms with Gasteiger partial charge in [-0.15, -0.1) is 0 Å². The van der Waals surface area contributed by atoms with Gasteiger partial charge in [0.2, 0.25) is 17.7 Å². The molecule has 1 fully saturated rings. The Morgan fingerprint density at radius 1 is 1.14 bits per heavy atom. The van der Waals surface area contributed by atoms with Crippen molar-refractivity contribution >= 4 is 35.6 Å². The van der Waals surface area contributed by atoms with Crippen LogP contribution < -0.4 is 27.8 Å². The Bertz CT molecular complexity index is 816. The number of aliphatic carboxylic acids is 2. The van der Waals surface area contributed by atoms with Crippen LogP contribution >= 0.6 is 0 Å². The fourth-order valence-electron chi connectivity index (χ4n) is 3.76. The summed E-state index contributed by atoms with van der Waals surface area (Å²) in [5.74, 6) is -4.85. The van der Waals surface area contributed by atoms with Gasteiger partial charge in [0.25, 0.3) is 0 Å². The first-order chi connectivity index (χ1) is 16.4. The summed E-state index contributed by atoms with van der Waals surface area (Å²) in [7, 11) is 0. The summed E-state index contributed by atoms with van der Waals surface area (Å²) in [6, 6.07) is -4.48. The molecule has 0 aromatic rings. The number of carbonyl (C=O) groups is 5. The maximum absolute atomic E-state index is 13.4. The fourth-order valence-corrected chi connectivity index (χ4v) is 3.76. The molecular weight excluding hydrogens is 462 g/mol. The Hall–Kier alpha value is -3.42. The van der Waals surface area contributed by atoms with E-state index in [4.69, 9.17) is 22.3 Å². The van der Waals surface area contributed by atoms with Crippen LogP contribution in [0, 0.1) is 5.92 Å². The van der Waals surface area contributed by atoms with Gasteiger partial charge in [-0.05, 0) is 31.6 Å². The van der Waals surface area contributed by atoms with Crippen LogP contribution in [0.3, 0.4) is 0 Å². The molecular formula is C21H37N7O7. The van der Waals surface area contributed by atoms with E-state index in [1.807, 2.05) is 6.92 Å². The molecule has 0 aromatic carbocycles. The van der Waals surface area contributed by atoms with Crippen LogP contribution in [0.4, 0.5) is 0 Å². The monoisotopic (exact) mass is 499 g/mol. The van der Waals surface area contributed by atoms with E-state index in [0.717, 1.165) is 0 Å². The standard InChI is InChI=1S/C21H37N7O7/c1-3-11(2)16(20(34)35)27-18(32)14-7-5-9-28(14)19(33)13(6-4-8-25-21(23)24)26-17(31)12(22)10-15(29)30/h11-14,16H,3-10,22H2,1-2H3,(H,26,31)(H,27,32)(H,29,30)(H,34,35)(H4,23,24,25). The van der Waals surface area contributed by atoms with E-state index in [1.54, 1.807) is 6.92 Å². The number of nitrogens with zero attached hydrogens (tertiary/aromatic N) is 2. The highest BCUT2D eigenvalue weighted by atomic mass is 16.4. The minimum absolute atomic E-state index is 0.108. The quantitative estimate of drug-likeness (QED) is 0.0781. The van der Waals surface area contributed by atoms with Crippen LogP contribution in [-0.4, -0.2) is 88.0 Å². The van der Waals surface area contributed by atoms with Gasteiger partial charge in [-0.1, -0.05) is 20.3 Å². The first-order valence-corrected chi connectivity index (χ1v) is 11.6. The largest absolute Gasteiger partial charge is 0.481 e. The number of hydrogen-bond acceptors (Lipinski definition) is 7. The molecule has 35 heavy (non-hydrogen) atoms.